The zero-order valence-corrected chi connectivity index (χ0v) is 11.0. The van der Waals surface area contributed by atoms with Crippen molar-refractivity contribution < 1.29 is 5.11 Å². The summed E-state index contributed by atoms with van der Waals surface area (Å²) < 4.78 is 0. The summed E-state index contributed by atoms with van der Waals surface area (Å²) in [6.45, 7) is 5.83. The fourth-order valence-corrected chi connectivity index (χ4v) is 1.33. The van der Waals surface area contributed by atoms with Crippen LogP contribution in [0.25, 0.3) is 0 Å². The molecule has 1 N–H and O–H groups in total. The van der Waals surface area contributed by atoms with E-state index in [4.69, 9.17) is 0 Å². The molecule has 2 rings (SSSR count). The van der Waals surface area contributed by atoms with E-state index in [1.54, 1.807) is 6.07 Å². The molecule has 0 heterocycles. The van der Waals surface area contributed by atoms with E-state index in [2.05, 4.69) is 10.2 Å². The monoisotopic (exact) mass is 242 g/mol. The Balaban J connectivity index is 0.000000771. The smallest absolute Gasteiger partial charge is 0.145 e. The molecule has 2 aromatic carbocycles. The first-order valence-corrected chi connectivity index (χ1v) is 6.03. The lowest BCUT2D eigenvalue weighted by molar-refractivity contribution is 0.472. The first-order valence-electron chi connectivity index (χ1n) is 6.03. The first kappa shape index (κ1) is 13.9. The molecule has 0 aliphatic rings. The third-order valence-electron chi connectivity index (χ3n) is 2.25. The summed E-state index contributed by atoms with van der Waals surface area (Å²) in [7, 11) is 0. The third-order valence-corrected chi connectivity index (χ3v) is 2.25. The minimum absolute atomic E-state index is 0.183. The van der Waals surface area contributed by atoms with Gasteiger partial charge >= 0.3 is 0 Å². The molecular formula is C15H18N2O. The van der Waals surface area contributed by atoms with Gasteiger partial charge in [0.05, 0.1) is 5.69 Å². The Morgan fingerprint density at radius 1 is 0.833 bits per heavy atom. The Morgan fingerprint density at radius 3 is 2.17 bits per heavy atom. The molecule has 0 radical (unpaired) electrons. The lowest BCUT2D eigenvalue weighted by atomic mass is 10.2. The molecule has 0 saturated carbocycles. The van der Waals surface area contributed by atoms with Crippen LogP contribution in [0.5, 0.6) is 5.75 Å². The molecule has 0 aliphatic carbocycles. The Kier molecular flexibility index (Phi) is 5.58. The van der Waals surface area contributed by atoms with Crippen molar-refractivity contribution in [3.63, 3.8) is 0 Å². The zero-order valence-electron chi connectivity index (χ0n) is 11.0. The summed E-state index contributed by atoms with van der Waals surface area (Å²) in [4.78, 5) is 0. The maximum Gasteiger partial charge on any atom is 0.145 e. The van der Waals surface area contributed by atoms with Gasteiger partial charge in [-0.2, -0.15) is 5.11 Å². The van der Waals surface area contributed by atoms with Gasteiger partial charge in [-0.15, -0.1) is 5.11 Å². The van der Waals surface area contributed by atoms with E-state index in [1.165, 1.54) is 0 Å². The van der Waals surface area contributed by atoms with Gasteiger partial charge in [-0.3, -0.25) is 0 Å². The molecule has 0 aliphatic heterocycles. The van der Waals surface area contributed by atoms with E-state index < -0.39 is 0 Å². The van der Waals surface area contributed by atoms with Crippen molar-refractivity contribution in [1.82, 2.24) is 0 Å². The predicted molar refractivity (Wildman–Crippen MR) is 74.8 cm³/mol. The summed E-state index contributed by atoms with van der Waals surface area (Å²) in [6, 6.07) is 14.8. The van der Waals surface area contributed by atoms with Crippen LogP contribution in [0.4, 0.5) is 11.4 Å². The lowest BCUT2D eigenvalue weighted by Crippen LogP contribution is -1.73. The molecule has 0 amide bonds. The van der Waals surface area contributed by atoms with Crippen LogP contribution in [-0.2, 0) is 0 Å². The van der Waals surface area contributed by atoms with Gasteiger partial charge in [0, 0.05) is 0 Å². The van der Waals surface area contributed by atoms with Crippen LogP contribution in [0.3, 0.4) is 0 Å². The summed E-state index contributed by atoms with van der Waals surface area (Å²) in [5.74, 6) is 0.183. The SMILES string of the molecule is CC.Cc1cccc(N=Nc2ccccc2)c1O. The third kappa shape index (κ3) is 3.70. The van der Waals surface area contributed by atoms with Crippen LogP contribution in [0.1, 0.15) is 19.4 Å². The van der Waals surface area contributed by atoms with Crippen LogP contribution in [0.2, 0.25) is 0 Å². The summed E-state index contributed by atoms with van der Waals surface area (Å²) in [5, 5.41) is 17.8. The number of hydrogen-bond acceptors (Lipinski definition) is 3. The van der Waals surface area contributed by atoms with E-state index in [0.29, 0.717) is 5.69 Å². The van der Waals surface area contributed by atoms with Crippen LogP contribution < -0.4 is 0 Å². The van der Waals surface area contributed by atoms with Gasteiger partial charge in [0.2, 0.25) is 0 Å². The number of hydrogen-bond donors (Lipinski definition) is 1. The van der Waals surface area contributed by atoms with Crippen molar-refractivity contribution in [2.45, 2.75) is 20.8 Å². The Labute approximate surface area is 108 Å². The fourth-order valence-electron chi connectivity index (χ4n) is 1.33. The summed E-state index contributed by atoms with van der Waals surface area (Å²) in [5.41, 5.74) is 2.05. The van der Waals surface area contributed by atoms with E-state index in [1.807, 2.05) is 63.2 Å². The molecule has 0 spiro atoms. The number of para-hydroxylation sites is 1. The molecule has 0 unspecified atom stereocenters. The van der Waals surface area contributed by atoms with Crippen molar-refractivity contribution in [3.05, 3.63) is 54.1 Å². The van der Waals surface area contributed by atoms with E-state index >= 15 is 0 Å². The Hall–Kier alpha value is -2.16. The van der Waals surface area contributed by atoms with Crippen molar-refractivity contribution in [1.29, 1.82) is 0 Å². The number of nitrogens with zero attached hydrogens (tertiary/aromatic N) is 2. The van der Waals surface area contributed by atoms with Gasteiger partial charge in [0.15, 0.2) is 0 Å². The average Bonchev–Trinajstić information content (AvgIpc) is 2.44. The van der Waals surface area contributed by atoms with Crippen LogP contribution in [-0.4, -0.2) is 5.11 Å². The van der Waals surface area contributed by atoms with Gasteiger partial charge in [-0.1, -0.05) is 44.2 Å². The number of benzene rings is 2. The highest BCUT2D eigenvalue weighted by Gasteiger charge is 2.01. The first-order chi connectivity index (χ1) is 8.77. The minimum Gasteiger partial charge on any atom is -0.505 e. The quantitative estimate of drug-likeness (QED) is 0.728. The molecular weight excluding hydrogens is 224 g/mol. The van der Waals surface area contributed by atoms with Crippen molar-refractivity contribution in [2.24, 2.45) is 10.2 Å². The molecule has 3 heteroatoms. The standard InChI is InChI=1S/C13H12N2O.C2H6/c1-10-6-5-9-12(13(10)16)15-14-11-7-3-2-4-8-11;1-2/h2-9,16H,1H3;1-2H3. The normalized spacial score (nSPS) is 9.94. The number of azo groups is 1. The summed E-state index contributed by atoms with van der Waals surface area (Å²) >= 11 is 0. The number of phenolic OH excluding ortho intramolecular Hbond substituents is 1. The van der Waals surface area contributed by atoms with Crippen LogP contribution >= 0.6 is 0 Å². The maximum atomic E-state index is 9.72. The fraction of sp³-hybridized carbons (Fsp3) is 0.200. The molecule has 94 valence electrons. The number of aromatic hydroxyl groups is 1. The van der Waals surface area contributed by atoms with Gasteiger partial charge in [-0.05, 0) is 30.7 Å². The molecule has 3 nitrogen and oxygen atoms in total. The maximum absolute atomic E-state index is 9.72. The highest BCUT2D eigenvalue weighted by molar-refractivity contribution is 5.54. The highest BCUT2D eigenvalue weighted by atomic mass is 16.3. The predicted octanol–water partition coefficient (Wildman–Crippen LogP) is 5.14. The molecule has 0 fully saturated rings. The minimum atomic E-state index is 0.183. The number of aryl methyl sites for hydroxylation is 1. The molecule has 0 saturated heterocycles. The van der Waals surface area contributed by atoms with Gasteiger partial charge in [-0.25, -0.2) is 0 Å². The highest BCUT2D eigenvalue weighted by Crippen LogP contribution is 2.30. The largest absolute Gasteiger partial charge is 0.505 e. The number of phenols is 1. The summed E-state index contributed by atoms with van der Waals surface area (Å²) in [6.07, 6.45) is 0. The molecule has 2 aromatic rings. The van der Waals surface area contributed by atoms with E-state index in [9.17, 15) is 5.11 Å². The molecule has 0 aromatic heterocycles. The zero-order chi connectivity index (χ0) is 13.4. The molecule has 0 bridgehead atoms. The second-order valence-corrected chi connectivity index (χ2v) is 3.48. The van der Waals surface area contributed by atoms with Crippen LogP contribution in [0, 0.1) is 6.92 Å². The Bertz CT molecular complexity index is 507. The second kappa shape index (κ2) is 7.22. The van der Waals surface area contributed by atoms with E-state index in [-0.39, 0.29) is 5.75 Å². The average molecular weight is 242 g/mol. The number of rotatable bonds is 2. The lowest BCUT2D eigenvalue weighted by Gasteiger charge is -2.00. The van der Waals surface area contributed by atoms with Crippen molar-refractivity contribution >= 4 is 11.4 Å². The Morgan fingerprint density at radius 2 is 1.50 bits per heavy atom. The molecule has 18 heavy (non-hydrogen) atoms. The van der Waals surface area contributed by atoms with E-state index in [0.717, 1.165) is 11.3 Å². The second-order valence-electron chi connectivity index (χ2n) is 3.48. The van der Waals surface area contributed by atoms with Gasteiger partial charge < -0.3 is 5.11 Å². The molecule has 0 atom stereocenters. The van der Waals surface area contributed by atoms with Gasteiger partial charge in [0.25, 0.3) is 0 Å². The van der Waals surface area contributed by atoms with Crippen molar-refractivity contribution in [3.8, 4) is 5.75 Å². The van der Waals surface area contributed by atoms with Crippen LogP contribution in [0.15, 0.2) is 58.8 Å². The van der Waals surface area contributed by atoms with Crippen molar-refractivity contribution in [2.75, 3.05) is 0 Å². The topological polar surface area (TPSA) is 45.0 Å². The van der Waals surface area contributed by atoms with Gasteiger partial charge in [0.1, 0.15) is 11.4 Å².